The molecule has 1 aromatic carbocycles. The SMILES string of the molecule is CN1CCCC1CCOc1ccc2[nH]c(C(=O)N3CCCC3C(F)(F)F)cc2c1. The minimum atomic E-state index is -4.40. The van der Waals surface area contributed by atoms with Crippen LogP contribution in [0.15, 0.2) is 24.3 Å². The summed E-state index contributed by atoms with van der Waals surface area (Å²) in [5.74, 6) is 0.0956. The van der Waals surface area contributed by atoms with Crippen LogP contribution in [0.5, 0.6) is 5.75 Å². The highest BCUT2D eigenvalue weighted by Crippen LogP contribution is 2.34. The van der Waals surface area contributed by atoms with Crippen molar-refractivity contribution in [3.63, 3.8) is 0 Å². The maximum absolute atomic E-state index is 13.2. The molecule has 2 aliphatic heterocycles. The van der Waals surface area contributed by atoms with Gasteiger partial charge in [-0.1, -0.05) is 0 Å². The number of nitrogens with zero attached hydrogens (tertiary/aromatic N) is 2. The molecule has 2 aliphatic rings. The fourth-order valence-electron chi connectivity index (χ4n) is 4.48. The topological polar surface area (TPSA) is 48.6 Å². The number of ether oxygens (including phenoxy) is 1. The van der Waals surface area contributed by atoms with E-state index in [0.29, 0.717) is 30.3 Å². The van der Waals surface area contributed by atoms with E-state index in [0.717, 1.165) is 23.3 Å². The van der Waals surface area contributed by atoms with E-state index >= 15 is 0 Å². The van der Waals surface area contributed by atoms with Crippen LogP contribution in [-0.2, 0) is 0 Å². The van der Waals surface area contributed by atoms with Crippen LogP contribution in [0.2, 0.25) is 0 Å². The van der Waals surface area contributed by atoms with Gasteiger partial charge in [0.25, 0.3) is 5.91 Å². The highest BCUT2D eigenvalue weighted by Gasteiger charge is 2.48. The number of rotatable bonds is 5. The average molecular weight is 409 g/mol. The van der Waals surface area contributed by atoms with Crippen LogP contribution in [0.4, 0.5) is 13.2 Å². The number of aromatic amines is 1. The molecule has 4 rings (SSSR count). The van der Waals surface area contributed by atoms with Crippen molar-refractivity contribution in [2.45, 2.75) is 50.4 Å². The molecule has 29 heavy (non-hydrogen) atoms. The number of fused-ring (bicyclic) bond motifs is 1. The Morgan fingerprint density at radius 3 is 2.72 bits per heavy atom. The Morgan fingerprint density at radius 1 is 1.21 bits per heavy atom. The summed E-state index contributed by atoms with van der Waals surface area (Å²) in [6, 6.07) is 5.91. The molecule has 0 bridgehead atoms. The van der Waals surface area contributed by atoms with Gasteiger partial charge in [-0.2, -0.15) is 13.2 Å². The molecule has 3 heterocycles. The molecule has 0 saturated carbocycles. The molecule has 0 radical (unpaired) electrons. The van der Waals surface area contributed by atoms with Crippen molar-refractivity contribution in [2.24, 2.45) is 0 Å². The Labute approximate surface area is 167 Å². The Balaban J connectivity index is 1.43. The van der Waals surface area contributed by atoms with Gasteiger partial charge in [0.15, 0.2) is 0 Å². The molecule has 5 nitrogen and oxygen atoms in total. The number of H-pyrrole nitrogens is 1. The van der Waals surface area contributed by atoms with Crippen molar-refractivity contribution in [3.8, 4) is 5.75 Å². The number of halogens is 3. The zero-order chi connectivity index (χ0) is 20.6. The molecule has 1 N–H and O–H groups in total. The quantitative estimate of drug-likeness (QED) is 0.805. The van der Waals surface area contributed by atoms with E-state index in [2.05, 4.69) is 16.9 Å². The van der Waals surface area contributed by atoms with E-state index < -0.39 is 18.1 Å². The smallest absolute Gasteiger partial charge is 0.408 e. The lowest BCUT2D eigenvalue weighted by molar-refractivity contribution is -0.169. The molecule has 2 unspecified atom stereocenters. The maximum atomic E-state index is 13.2. The summed E-state index contributed by atoms with van der Waals surface area (Å²) in [7, 11) is 2.13. The minimum absolute atomic E-state index is 0.0381. The fraction of sp³-hybridized carbons (Fsp3) is 0.571. The van der Waals surface area contributed by atoms with Crippen LogP contribution in [0.1, 0.15) is 42.6 Å². The van der Waals surface area contributed by atoms with Crippen molar-refractivity contribution in [2.75, 3.05) is 26.7 Å². The van der Waals surface area contributed by atoms with Crippen molar-refractivity contribution in [1.29, 1.82) is 0 Å². The summed E-state index contributed by atoms with van der Waals surface area (Å²) in [6.45, 7) is 1.86. The predicted molar refractivity (Wildman–Crippen MR) is 104 cm³/mol. The third-order valence-corrected chi connectivity index (χ3v) is 6.11. The molecule has 1 aromatic heterocycles. The number of carbonyl (C=O) groups excluding carboxylic acids is 1. The summed E-state index contributed by atoms with van der Waals surface area (Å²) < 4.78 is 45.4. The van der Waals surface area contributed by atoms with Crippen LogP contribution in [0, 0.1) is 0 Å². The predicted octanol–water partition coefficient (Wildman–Crippen LogP) is 4.20. The number of likely N-dealkylation sites (tertiary alicyclic amines) is 2. The van der Waals surface area contributed by atoms with Gasteiger partial charge in [0.1, 0.15) is 17.5 Å². The molecule has 8 heteroatoms. The van der Waals surface area contributed by atoms with E-state index in [-0.39, 0.29) is 18.7 Å². The normalized spacial score (nSPS) is 23.2. The molecule has 2 atom stereocenters. The van der Waals surface area contributed by atoms with Crippen molar-refractivity contribution >= 4 is 16.8 Å². The van der Waals surface area contributed by atoms with Crippen LogP contribution in [0.25, 0.3) is 10.9 Å². The van der Waals surface area contributed by atoms with Gasteiger partial charge >= 0.3 is 6.18 Å². The first kappa shape index (κ1) is 20.1. The van der Waals surface area contributed by atoms with Crippen molar-refractivity contribution < 1.29 is 22.7 Å². The molecular weight excluding hydrogens is 383 g/mol. The Hall–Kier alpha value is -2.22. The van der Waals surface area contributed by atoms with Crippen LogP contribution in [-0.4, -0.2) is 65.7 Å². The first-order valence-corrected chi connectivity index (χ1v) is 10.2. The number of nitrogens with one attached hydrogen (secondary N) is 1. The van der Waals surface area contributed by atoms with E-state index in [1.54, 1.807) is 12.1 Å². The highest BCUT2D eigenvalue weighted by molar-refractivity contribution is 5.98. The molecular formula is C21H26F3N3O2. The Morgan fingerprint density at radius 2 is 2.00 bits per heavy atom. The number of amides is 1. The summed E-state index contributed by atoms with van der Waals surface area (Å²) in [5, 5.41) is 0.756. The van der Waals surface area contributed by atoms with E-state index in [9.17, 15) is 18.0 Å². The largest absolute Gasteiger partial charge is 0.494 e. The maximum Gasteiger partial charge on any atom is 0.408 e. The standard InChI is InChI=1S/C21H26F3N3O2/c1-26-9-2-4-15(26)8-11-29-16-6-7-17-14(12-16)13-18(25-17)20(28)27-10-3-5-19(27)21(22,23)24/h6-7,12-13,15,19,25H,2-5,8-11H2,1H3. The van der Waals surface area contributed by atoms with Gasteiger partial charge in [0.05, 0.1) is 6.61 Å². The molecule has 2 saturated heterocycles. The summed E-state index contributed by atoms with van der Waals surface area (Å²) >= 11 is 0. The number of alkyl halides is 3. The second-order valence-electron chi connectivity index (χ2n) is 8.04. The highest BCUT2D eigenvalue weighted by atomic mass is 19.4. The van der Waals surface area contributed by atoms with Crippen molar-refractivity contribution in [3.05, 3.63) is 30.0 Å². The van der Waals surface area contributed by atoms with Gasteiger partial charge in [0.2, 0.25) is 0 Å². The molecule has 2 fully saturated rings. The molecule has 158 valence electrons. The van der Waals surface area contributed by atoms with Crippen LogP contribution >= 0.6 is 0 Å². The fourth-order valence-corrected chi connectivity index (χ4v) is 4.48. The Bertz CT molecular complexity index is 880. The second-order valence-corrected chi connectivity index (χ2v) is 8.04. The molecule has 2 aromatic rings. The van der Waals surface area contributed by atoms with E-state index in [4.69, 9.17) is 4.74 Å². The first-order chi connectivity index (χ1) is 13.8. The third-order valence-electron chi connectivity index (χ3n) is 6.11. The zero-order valence-electron chi connectivity index (χ0n) is 16.5. The van der Waals surface area contributed by atoms with Crippen molar-refractivity contribution in [1.82, 2.24) is 14.8 Å². The number of hydrogen-bond donors (Lipinski definition) is 1. The average Bonchev–Trinajstić information content (AvgIpc) is 3.39. The lowest BCUT2D eigenvalue weighted by atomic mass is 10.1. The van der Waals surface area contributed by atoms with Crippen LogP contribution in [0.3, 0.4) is 0 Å². The minimum Gasteiger partial charge on any atom is -0.494 e. The van der Waals surface area contributed by atoms with E-state index in [1.165, 1.54) is 12.8 Å². The lowest BCUT2D eigenvalue weighted by Gasteiger charge is -2.26. The third kappa shape index (κ3) is 4.22. The van der Waals surface area contributed by atoms with Gasteiger partial charge in [-0.05, 0) is 70.0 Å². The number of hydrogen-bond acceptors (Lipinski definition) is 3. The van der Waals surface area contributed by atoms with Gasteiger partial charge in [-0.15, -0.1) is 0 Å². The van der Waals surface area contributed by atoms with Crippen LogP contribution < -0.4 is 4.74 Å². The van der Waals surface area contributed by atoms with E-state index in [1.807, 2.05) is 12.1 Å². The number of carbonyl (C=O) groups is 1. The summed E-state index contributed by atoms with van der Waals surface area (Å²) in [5.41, 5.74) is 0.889. The zero-order valence-corrected chi connectivity index (χ0v) is 16.5. The first-order valence-electron chi connectivity index (χ1n) is 10.2. The van der Waals surface area contributed by atoms with Gasteiger partial charge in [-0.3, -0.25) is 4.79 Å². The summed E-state index contributed by atoms with van der Waals surface area (Å²) in [6.07, 6.45) is -0.698. The van der Waals surface area contributed by atoms with Gasteiger partial charge in [0, 0.05) is 23.5 Å². The molecule has 0 aliphatic carbocycles. The molecule has 1 amide bonds. The summed E-state index contributed by atoms with van der Waals surface area (Å²) in [4.78, 5) is 18.9. The number of aromatic nitrogens is 1. The monoisotopic (exact) mass is 409 g/mol. The molecule has 0 spiro atoms. The lowest BCUT2D eigenvalue weighted by Crippen LogP contribution is -2.44. The second kappa shape index (κ2) is 7.89. The Kier molecular flexibility index (Phi) is 5.46. The van der Waals surface area contributed by atoms with Gasteiger partial charge < -0.3 is 19.5 Å². The number of benzene rings is 1. The van der Waals surface area contributed by atoms with Gasteiger partial charge in [-0.25, -0.2) is 0 Å².